The second kappa shape index (κ2) is 14.8. The summed E-state index contributed by atoms with van der Waals surface area (Å²) in [6, 6.07) is -0.747. The molecule has 1 aliphatic carbocycles. The molecule has 1 aliphatic rings. The van der Waals surface area contributed by atoms with Crippen LogP contribution in [0.2, 0.25) is 0 Å². The highest BCUT2D eigenvalue weighted by Gasteiger charge is 2.37. The lowest BCUT2D eigenvalue weighted by Gasteiger charge is -2.32. The van der Waals surface area contributed by atoms with Crippen molar-refractivity contribution in [2.24, 2.45) is 5.92 Å². The van der Waals surface area contributed by atoms with Crippen LogP contribution in [0.1, 0.15) is 45.4 Å². The molecule has 0 aliphatic heterocycles. The van der Waals surface area contributed by atoms with Crippen LogP contribution in [0.5, 0.6) is 0 Å². The lowest BCUT2D eigenvalue weighted by atomic mass is 9.89. The first-order valence-electron chi connectivity index (χ1n) is 11.7. The highest BCUT2D eigenvalue weighted by molar-refractivity contribution is 7.46. The third-order valence-corrected chi connectivity index (χ3v) is 6.39. The average Bonchev–Trinajstić information content (AvgIpc) is 2.74. The fraction of sp³-hybridized carbons (Fsp3) is 0.625. The summed E-state index contributed by atoms with van der Waals surface area (Å²) in [6.07, 6.45) is 13.1. The van der Waals surface area contributed by atoms with Gasteiger partial charge in [-0.2, -0.15) is 0 Å². The van der Waals surface area contributed by atoms with Crippen LogP contribution in [-0.4, -0.2) is 85.1 Å². The number of phosphoric acid groups is 1. The molecule has 1 saturated carbocycles. The number of hydrogen-bond acceptors (Lipinski definition) is 7. The SMILES string of the molecule is CN(C)[C@@H](C=CC(=O)O)[C@@H](O)C=C[C@@](C)(O)[C@@H](CC(O)C=CC=CC1CCCCC1)OP(=O)(O)O. The molecule has 6 N–H and O–H groups in total. The summed E-state index contributed by atoms with van der Waals surface area (Å²) in [5, 5.41) is 40.5. The first-order valence-corrected chi connectivity index (χ1v) is 13.2. The van der Waals surface area contributed by atoms with Crippen LogP contribution in [0.3, 0.4) is 0 Å². The fourth-order valence-electron chi connectivity index (χ4n) is 3.88. The van der Waals surface area contributed by atoms with Gasteiger partial charge in [-0.1, -0.05) is 61.8 Å². The molecule has 10 nitrogen and oxygen atoms in total. The Bertz CT molecular complexity index is 810. The van der Waals surface area contributed by atoms with Gasteiger partial charge in [0.05, 0.1) is 18.2 Å². The molecule has 0 aromatic carbocycles. The normalized spacial score (nSPS) is 21.7. The van der Waals surface area contributed by atoms with Gasteiger partial charge in [-0.3, -0.25) is 4.52 Å². The van der Waals surface area contributed by atoms with E-state index in [2.05, 4.69) is 6.08 Å². The number of likely N-dealkylation sites (N-methyl/N-ethyl adjacent to an activating group) is 1. The van der Waals surface area contributed by atoms with Crippen molar-refractivity contribution in [2.75, 3.05) is 14.1 Å². The number of carboxylic acid groups (broad SMARTS) is 1. The van der Waals surface area contributed by atoms with E-state index in [0.717, 1.165) is 25.0 Å². The van der Waals surface area contributed by atoms with E-state index in [1.807, 2.05) is 6.08 Å². The molecule has 0 aromatic rings. The average molecular weight is 518 g/mol. The van der Waals surface area contributed by atoms with Gasteiger partial charge in [-0.25, -0.2) is 9.36 Å². The van der Waals surface area contributed by atoms with Crippen LogP contribution in [0, 0.1) is 5.92 Å². The molecule has 35 heavy (non-hydrogen) atoms. The van der Waals surface area contributed by atoms with E-state index >= 15 is 0 Å². The maximum absolute atomic E-state index is 11.5. The summed E-state index contributed by atoms with van der Waals surface area (Å²) in [6.45, 7) is 1.23. The molecule has 0 heterocycles. The summed E-state index contributed by atoms with van der Waals surface area (Å²) >= 11 is 0. The molecule has 1 fully saturated rings. The summed E-state index contributed by atoms with van der Waals surface area (Å²) < 4.78 is 16.3. The van der Waals surface area contributed by atoms with Crippen LogP contribution < -0.4 is 0 Å². The Morgan fingerprint density at radius 2 is 1.74 bits per heavy atom. The van der Waals surface area contributed by atoms with Gasteiger partial charge >= 0.3 is 13.8 Å². The summed E-state index contributed by atoms with van der Waals surface area (Å²) in [5.41, 5.74) is -1.98. The van der Waals surface area contributed by atoms with Crippen LogP contribution in [0.15, 0.2) is 48.6 Å². The maximum atomic E-state index is 11.5. The second-order valence-corrected chi connectivity index (χ2v) is 10.5. The zero-order chi connectivity index (χ0) is 26.6. The largest absolute Gasteiger partial charge is 0.478 e. The zero-order valence-electron chi connectivity index (χ0n) is 20.6. The zero-order valence-corrected chi connectivity index (χ0v) is 21.4. The van der Waals surface area contributed by atoms with Crippen molar-refractivity contribution >= 4 is 13.8 Å². The summed E-state index contributed by atoms with van der Waals surface area (Å²) in [5.74, 6) is -0.685. The number of aliphatic hydroxyl groups is 3. The minimum Gasteiger partial charge on any atom is -0.478 e. The molecule has 0 bridgehead atoms. The molecular weight excluding hydrogens is 477 g/mol. The van der Waals surface area contributed by atoms with Gasteiger partial charge in [-0.05, 0) is 39.8 Å². The van der Waals surface area contributed by atoms with Crippen molar-refractivity contribution in [3.8, 4) is 0 Å². The first kappa shape index (κ1) is 31.4. The van der Waals surface area contributed by atoms with Crippen molar-refractivity contribution in [3.05, 3.63) is 48.6 Å². The van der Waals surface area contributed by atoms with E-state index in [9.17, 15) is 34.5 Å². The number of carbonyl (C=O) groups is 1. The van der Waals surface area contributed by atoms with Crippen LogP contribution in [0.4, 0.5) is 0 Å². The maximum Gasteiger partial charge on any atom is 0.469 e. The van der Waals surface area contributed by atoms with E-state index in [1.165, 1.54) is 44.4 Å². The Morgan fingerprint density at radius 3 is 2.29 bits per heavy atom. The van der Waals surface area contributed by atoms with Gasteiger partial charge in [0.2, 0.25) is 0 Å². The number of allylic oxidation sites excluding steroid dienone is 3. The fourth-order valence-corrected chi connectivity index (χ4v) is 4.51. The van der Waals surface area contributed by atoms with Crippen molar-refractivity contribution in [2.45, 2.75) is 75.4 Å². The Labute approximate surface area is 207 Å². The van der Waals surface area contributed by atoms with Gasteiger partial charge in [0, 0.05) is 12.5 Å². The van der Waals surface area contributed by atoms with E-state index in [1.54, 1.807) is 25.1 Å². The van der Waals surface area contributed by atoms with Crippen LogP contribution >= 0.6 is 7.82 Å². The third-order valence-electron chi connectivity index (χ3n) is 5.86. The smallest absolute Gasteiger partial charge is 0.469 e. The number of carboxylic acids is 1. The lowest BCUT2D eigenvalue weighted by Crippen LogP contribution is -2.42. The van der Waals surface area contributed by atoms with Crippen molar-refractivity contribution in [1.29, 1.82) is 0 Å². The second-order valence-electron chi connectivity index (χ2n) is 9.28. The van der Waals surface area contributed by atoms with Gasteiger partial charge in [0.1, 0.15) is 11.7 Å². The highest BCUT2D eigenvalue weighted by atomic mass is 31.2. The van der Waals surface area contributed by atoms with Crippen molar-refractivity contribution in [3.63, 3.8) is 0 Å². The van der Waals surface area contributed by atoms with E-state index in [-0.39, 0.29) is 6.42 Å². The first-order chi connectivity index (χ1) is 16.2. The Balaban J connectivity index is 2.92. The number of nitrogens with zero attached hydrogens (tertiary/aromatic N) is 1. The number of phosphoric ester groups is 1. The van der Waals surface area contributed by atoms with Crippen LogP contribution in [0.25, 0.3) is 0 Å². The quantitative estimate of drug-likeness (QED) is 0.0869. The van der Waals surface area contributed by atoms with Crippen molar-refractivity contribution < 1.29 is 44.1 Å². The number of aliphatic hydroxyl groups excluding tert-OH is 2. The Kier molecular flexibility index (Phi) is 13.3. The molecule has 1 rings (SSSR count). The molecule has 11 heteroatoms. The van der Waals surface area contributed by atoms with Crippen LogP contribution in [-0.2, 0) is 13.9 Å². The Hall–Kier alpha value is -1.62. The number of rotatable bonds is 14. The molecule has 200 valence electrons. The monoisotopic (exact) mass is 517 g/mol. The Morgan fingerprint density at radius 1 is 1.11 bits per heavy atom. The molecule has 1 unspecified atom stereocenters. The molecule has 5 atom stereocenters. The molecule has 0 spiro atoms. The minimum absolute atomic E-state index is 0.331. The summed E-state index contributed by atoms with van der Waals surface area (Å²) in [7, 11) is -1.77. The van der Waals surface area contributed by atoms with E-state index in [0.29, 0.717) is 5.92 Å². The van der Waals surface area contributed by atoms with Gasteiger partial charge in [-0.15, -0.1) is 0 Å². The van der Waals surface area contributed by atoms with Gasteiger partial charge in [0.25, 0.3) is 0 Å². The van der Waals surface area contributed by atoms with E-state index in [4.69, 9.17) is 9.63 Å². The van der Waals surface area contributed by atoms with Gasteiger partial charge in [0.15, 0.2) is 0 Å². The molecular formula is C24H40NO9P. The lowest BCUT2D eigenvalue weighted by molar-refractivity contribution is -0.131. The number of hydrogen-bond donors (Lipinski definition) is 6. The molecule has 0 amide bonds. The molecule has 0 saturated heterocycles. The van der Waals surface area contributed by atoms with Gasteiger partial charge < -0.3 is 35.1 Å². The summed E-state index contributed by atoms with van der Waals surface area (Å²) in [4.78, 5) is 31.0. The molecule has 0 aromatic heterocycles. The minimum atomic E-state index is -5.02. The third kappa shape index (κ3) is 13.3. The predicted octanol–water partition coefficient (Wildman–Crippen LogP) is 2.15. The number of aliphatic carboxylic acids is 1. The highest BCUT2D eigenvalue weighted by Crippen LogP contribution is 2.41. The predicted molar refractivity (Wildman–Crippen MR) is 132 cm³/mol. The standard InChI is InChI=1S/C24H40NO9P/c1-24(30,16-15-21(27)20(25(2)3)13-14-23(28)29)22(34-35(31,32)33)17-19(26)12-8-7-11-18-9-5-4-6-10-18/h7-8,11-16,18-22,26-27,30H,4-6,9-10,17H2,1-3H3,(H,28,29)(H2,31,32,33)/t19?,20-,21-,22+,24+/m0/s1. The molecule has 0 radical (unpaired) electrons. The van der Waals surface area contributed by atoms with Crippen molar-refractivity contribution in [1.82, 2.24) is 4.90 Å². The van der Waals surface area contributed by atoms with E-state index < -0.39 is 43.7 Å². The topological polar surface area (TPSA) is 168 Å².